The van der Waals surface area contributed by atoms with Crippen molar-refractivity contribution in [3.05, 3.63) is 283 Å². The van der Waals surface area contributed by atoms with E-state index in [-0.39, 0.29) is 0 Å². The lowest BCUT2D eigenvalue weighted by atomic mass is 9.68. The summed E-state index contributed by atoms with van der Waals surface area (Å²) in [5, 5.41) is 5.27. The van der Waals surface area contributed by atoms with Crippen molar-refractivity contribution < 1.29 is 0 Å². The van der Waals surface area contributed by atoms with E-state index in [2.05, 4.69) is 266 Å². The van der Waals surface area contributed by atoms with Crippen molar-refractivity contribution in [3.8, 4) is 44.5 Å². The van der Waals surface area contributed by atoms with Gasteiger partial charge in [0.2, 0.25) is 0 Å². The molecule has 70 heavy (non-hydrogen) atoms. The van der Waals surface area contributed by atoms with Gasteiger partial charge in [0, 0.05) is 57.4 Å². The fraction of sp³-hybridized carbons (Fsp3) is 0.0149. The average molecular weight is 926 g/mol. The van der Waals surface area contributed by atoms with Crippen LogP contribution < -0.4 is 4.90 Å². The number of fused-ring (bicyclic) bond motifs is 9. The first-order valence-corrected chi connectivity index (χ1v) is 25.6. The summed E-state index contributed by atoms with van der Waals surface area (Å²) in [6.07, 6.45) is 0. The SMILES string of the molecule is c1ccc(C2(c3ccc(N(c4ccc(-c5cccc(-c6ccc7sc8ccccc8c7c6)c5)cc4)c4ccc(-c5ccc6sc7ccccc7c6c5)cc4)cc3)c3ccccc3-c3ccccc32)cc1. The molecule has 0 saturated heterocycles. The van der Waals surface area contributed by atoms with Gasteiger partial charge in [0.1, 0.15) is 0 Å². The molecule has 0 N–H and O–H groups in total. The molecular weight excluding hydrogens is 883 g/mol. The number of rotatable bonds is 8. The van der Waals surface area contributed by atoms with Gasteiger partial charge in [-0.05, 0) is 146 Å². The van der Waals surface area contributed by atoms with Gasteiger partial charge in [0.25, 0.3) is 0 Å². The van der Waals surface area contributed by atoms with Crippen molar-refractivity contribution in [2.75, 3.05) is 4.90 Å². The van der Waals surface area contributed by atoms with E-state index in [0.29, 0.717) is 0 Å². The largest absolute Gasteiger partial charge is 0.311 e. The number of benzene rings is 11. The maximum atomic E-state index is 2.40. The highest BCUT2D eigenvalue weighted by Crippen LogP contribution is 2.56. The Morgan fingerprint density at radius 1 is 0.257 bits per heavy atom. The second-order valence-electron chi connectivity index (χ2n) is 18.4. The third-order valence-electron chi connectivity index (χ3n) is 14.6. The molecule has 328 valence electrons. The molecule has 0 spiro atoms. The van der Waals surface area contributed by atoms with Gasteiger partial charge in [-0.2, -0.15) is 0 Å². The minimum atomic E-state index is -0.465. The van der Waals surface area contributed by atoms with Crippen LogP contribution in [0.1, 0.15) is 22.3 Å². The Morgan fingerprint density at radius 3 is 1.19 bits per heavy atom. The molecule has 1 aliphatic rings. The summed E-state index contributed by atoms with van der Waals surface area (Å²) in [6.45, 7) is 0. The van der Waals surface area contributed by atoms with E-state index in [0.717, 1.165) is 17.1 Å². The minimum absolute atomic E-state index is 0.465. The molecule has 0 bridgehead atoms. The molecule has 13 aromatic rings. The zero-order valence-electron chi connectivity index (χ0n) is 38.1. The summed E-state index contributed by atoms with van der Waals surface area (Å²) < 4.78 is 5.30. The summed E-state index contributed by atoms with van der Waals surface area (Å²) >= 11 is 3.72. The van der Waals surface area contributed by atoms with Gasteiger partial charge >= 0.3 is 0 Å². The van der Waals surface area contributed by atoms with Crippen LogP contribution in [0.4, 0.5) is 17.1 Å². The maximum absolute atomic E-state index is 2.40. The predicted molar refractivity (Wildman–Crippen MR) is 301 cm³/mol. The maximum Gasteiger partial charge on any atom is 0.0713 e. The number of thiophene rings is 2. The van der Waals surface area contributed by atoms with Crippen molar-refractivity contribution in [2.24, 2.45) is 0 Å². The standard InChI is InChI=1S/C67H43NS2/c1-2-15-50(16-3-1)67(61-21-8-4-17-55(61)56-18-5-9-22-62(56)67)51-31-37-54(38-32-51)68(53-35-27-45(28-36-53)48-29-39-65-59(42-48)57-19-6-10-23-63(57)69-65)52-33-25-44(26-34-52)46-13-12-14-47(41-46)49-30-40-66-60(43-49)58-20-7-11-24-64(58)70-66/h1-43H. The molecule has 0 unspecified atom stereocenters. The fourth-order valence-corrected chi connectivity index (χ4v) is 13.5. The normalized spacial score (nSPS) is 12.7. The number of hydrogen-bond acceptors (Lipinski definition) is 3. The highest BCUT2D eigenvalue weighted by Gasteiger charge is 2.45. The molecule has 1 nitrogen and oxygen atoms in total. The van der Waals surface area contributed by atoms with E-state index in [4.69, 9.17) is 0 Å². The van der Waals surface area contributed by atoms with Crippen molar-refractivity contribution in [2.45, 2.75) is 5.41 Å². The zero-order valence-corrected chi connectivity index (χ0v) is 39.7. The molecule has 2 aromatic heterocycles. The minimum Gasteiger partial charge on any atom is -0.311 e. The summed E-state index contributed by atoms with van der Waals surface area (Å²) in [6, 6.07) is 96.8. The van der Waals surface area contributed by atoms with Crippen LogP contribution in [0.5, 0.6) is 0 Å². The Labute approximate surface area is 415 Å². The highest BCUT2D eigenvalue weighted by molar-refractivity contribution is 7.26. The Balaban J connectivity index is 0.863. The number of anilines is 3. The van der Waals surface area contributed by atoms with Gasteiger partial charge in [-0.3, -0.25) is 0 Å². The van der Waals surface area contributed by atoms with Gasteiger partial charge < -0.3 is 4.90 Å². The van der Waals surface area contributed by atoms with Crippen LogP contribution in [-0.4, -0.2) is 0 Å². The molecule has 0 radical (unpaired) electrons. The molecule has 2 heterocycles. The topological polar surface area (TPSA) is 3.24 Å². The van der Waals surface area contributed by atoms with E-state index in [1.165, 1.54) is 107 Å². The molecule has 14 rings (SSSR count). The second kappa shape index (κ2) is 16.4. The summed E-state index contributed by atoms with van der Waals surface area (Å²) in [5.74, 6) is 0. The van der Waals surface area contributed by atoms with Crippen LogP contribution in [0.3, 0.4) is 0 Å². The van der Waals surface area contributed by atoms with Crippen LogP contribution in [0.25, 0.3) is 84.9 Å². The van der Waals surface area contributed by atoms with E-state index in [9.17, 15) is 0 Å². The highest BCUT2D eigenvalue weighted by atomic mass is 32.1. The molecular formula is C67H43NS2. The second-order valence-corrected chi connectivity index (χ2v) is 20.5. The van der Waals surface area contributed by atoms with Crippen LogP contribution in [0, 0.1) is 0 Å². The third-order valence-corrected chi connectivity index (χ3v) is 16.9. The predicted octanol–water partition coefficient (Wildman–Crippen LogP) is 19.3. The monoisotopic (exact) mass is 925 g/mol. The molecule has 0 saturated carbocycles. The summed E-state index contributed by atoms with van der Waals surface area (Å²) in [5.41, 5.74) is 17.8. The van der Waals surface area contributed by atoms with Gasteiger partial charge in [0.05, 0.1) is 5.41 Å². The Hall–Kier alpha value is -8.34. The smallest absolute Gasteiger partial charge is 0.0713 e. The molecule has 0 amide bonds. The van der Waals surface area contributed by atoms with E-state index in [1.807, 2.05) is 22.7 Å². The zero-order chi connectivity index (χ0) is 46.2. The Morgan fingerprint density at radius 2 is 0.643 bits per heavy atom. The average Bonchev–Trinajstić information content (AvgIpc) is 4.10. The van der Waals surface area contributed by atoms with Crippen LogP contribution in [0.2, 0.25) is 0 Å². The lowest BCUT2D eigenvalue weighted by Gasteiger charge is -2.34. The van der Waals surface area contributed by atoms with E-state index in [1.54, 1.807) is 0 Å². The Bertz CT molecular complexity index is 4060. The van der Waals surface area contributed by atoms with Gasteiger partial charge in [-0.25, -0.2) is 0 Å². The van der Waals surface area contributed by atoms with Crippen molar-refractivity contribution in [1.82, 2.24) is 0 Å². The number of nitrogens with zero attached hydrogens (tertiary/aromatic N) is 1. The first-order chi connectivity index (χ1) is 34.7. The number of hydrogen-bond donors (Lipinski definition) is 0. The van der Waals surface area contributed by atoms with Crippen LogP contribution in [0.15, 0.2) is 261 Å². The first kappa shape index (κ1) is 40.7. The molecule has 3 heteroatoms. The molecule has 0 fully saturated rings. The van der Waals surface area contributed by atoms with Crippen molar-refractivity contribution >= 4 is 80.1 Å². The molecule has 1 aliphatic carbocycles. The Kier molecular flexibility index (Phi) is 9.55. The first-order valence-electron chi connectivity index (χ1n) is 24.0. The molecule has 0 aliphatic heterocycles. The van der Waals surface area contributed by atoms with Crippen LogP contribution in [-0.2, 0) is 5.41 Å². The van der Waals surface area contributed by atoms with Gasteiger partial charge in [-0.15, -0.1) is 22.7 Å². The summed E-state index contributed by atoms with van der Waals surface area (Å²) in [4.78, 5) is 2.40. The lowest BCUT2D eigenvalue weighted by molar-refractivity contribution is 0.768. The van der Waals surface area contributed by atoms with Crippen molar-refractivity contribution in [1.29, 1.82) is 0 Å². The molecule has 0 atom stereocenters. The fourth-order valence-electron chi connectivity index (χ4n) is 11.3. The van der Waals surface area contributed by atoms with E-state index < -0.39 is 5.41 Å². The van der Waals surface area contributed by atoms with E-state index >= 15 is 0 Å². The summed E-state index contributed by atoms with van der Waals surface area (Å²) in [7, 11) is 0. The van der Waals surface area contributed by atoms with Gasteiger partial charge in [-0.1, -0.05) is 182 Å². The van der Waals surface area contributed by atoms with Crippen LogP contribution >= 0.6 is 22.7 Å². The lowest BCUT2D eigenvalue weighted by Crippen LogP contribution is -2.28. The quantitative estimate of drug-likeness (QED) is 0.147. The molecule has 11 aromatic carbocycles. The third kappa shape index (κ3) is 6.50. The van der Waals surface area contributed by atoms with Gasteiger partial charge in [0.15, 0.2) is 0 Å². The van der Waals surface area contributed by atoms with Crippen molar-refractivity contribution in [3.63, 3.8) is 0 Å².